The molecule has 24 heavy (non-hydrogen) atoms. The van der Waals surface area contributed by atoms with Crippen LogP contribution < -0.4 is 5.32 Å². The molecule has 1 aromatic carbocycles. The summed E-state index contributed by atoms with van der Waals surface area (Å²) in [5.41, 5.74) is -1.76. The highest BCUT2D eigenvalue weighted by Crippen LogP contribution is 2.48. The Hall–Kier alpha value is -1.05. The molecule has 1 saturated carbocycles. The largest absolute Gasteiger partial charge is 0.459 e. The molecule has 2 aliphatic rings. The molecule has 1 aliphatic carbocycles. The molecule has 4 nitrogen and oxygen atoms in total. The molecule has 132 valence electrons. The van der Waals surface area contributed by atoms with Crippen molar-refractivity contribution in [3.63, 3.8) is 0 Å². The van der Waals surface area contributed by atoms with Crippen LogP contribution in [0.25, 0.3) is 0 Å². The van der Waals surface area contributed by atoms with Crippen LogP contribution in [-0.2, 0) is 15.1 Å². The highest BCUT2D eigenvalue weighted by Gasteiger charge is 2.54. The highest BCUT2D eigenvalue weighted by atomic mass is 79.9. The Balaban J connectivity index is 1.90. The second-order valence-electron chi connectivity index (χ2n) is 6.59. The van der Waals surface area contributed by atoms with Crippen molar-refractivity contribution in [1.82, 2.24) is 5.32 Å². The number of esters is 1. The van der Waals surface area contributed by atoms with Crippen LogP contribution in [0.15, 0.2) is 28.7 Å². The lowest BCUT2D eigenvalue weighted by atomic mass is 9.80. The average Bonchev–Trinajstić information content (AvgIpc) is 3.16. The molecular formula is C17H20BrF2NO3. The van der Waals surface area contributed by atoms with E-state index in [0.29, 0.717) is 18.5 Å². The Bertz CT molecular complexity index is 604. The van der Waals surface area contributed by atoms with Crippen molar-refractivity contribution in [2.24, 2.45) is 5.92 Å². The molecule has 1 aromatic rings. The SMILES string of the molecule is O=C(O[C@@H]1CCNC1)[C@](O)(c1ccc(Br)cc1)[C@@H]1CCC(F)(F)C1. The quantitative estimate of drug-likeness (QED) is 0.758. The third-order valence-electron chi connectivity index (χ3n) is 4.88. The summed E-state index contributed by atoms with van der Waals surface area (Å²) in [7, 11) is 0. The maximum Gasteiger partial charge on any atom is 0.343 e. The van der Waals surface area contributed by atoms with E-state index in [0.717, 1.165) is 11.0 Å². The molecule has 3 atom stereocenters. The van der Waals surface area contributed by atoms with Crippen LogP contribution in [0.3, 0.4) is 0 Å². The standard InChI is InChI=1S/C17H20BrF2NO3/c18-13-3-1-11(2-4-13)17(23,12-5-7-16(19,20)9-12)15(22)24-14-6-8-21-10-14/h1-4,12,14,21,23H,5-10H2/t12-,14-,17+/m1/s1. The third-order valence-corrected chi connectivity index (χ3v) is 5.41. The minimum absolute atomic E-state index is 0.0809. The summed E-state index contributed by atoms with van der Waals surface area (Å²) in [6, 6.07) is 6.51. The van der Waals surface area contributed by atoms with Gasteiger partial charge in [0.2, 0.25) is 5.92 Å². The number of ether oxygens (including phenoxy) is 1. The van der Waals surface area contributed by atoms with Crippen molar-refractivity contribution in [3.05, 3.63) is 34.3 Å². The van der Waals surface area contributed by atoms with Gasteiger partial charge in [0, 0.05) is 29.8 Å². The van der Waals surface area contributed by atoms with Crippen LogP contribution >= 0.6 is 15.9 Å². The number of hydrogen-bond acceptors (Lipinski definition) is 4. The molecule has 0 radical (unpaired) electrons. The predicted octanol–water partition coefficient (Wildman–Crippen LogP) is 2.98. The van der Waals surface area contributed by atoms with Gasteiger partial charge >= 0.3 is 5.97 Å². The minimum atomic E-state index is -2.86. The van der Waals surface area contributed by atoms with E-state index in [1.54, 1.807) is 24.3 Å². The van der Waals surface area contributed by atoms with Crippen molar-refractivity contribution in [3.8, 4) is 0 Å². The molecule has 1 heterocycles. The van der Waals surface area contributed by atoms with Gasteiger partial charge in [0.05, 0.1) is 0 Å². The molecule has 3 rings (SSSR count). The number of carbonyl (C=O) groups is 1. The Morgan fingerprint density at radius 1 is 1.33 bits per heavy atom. The van der Waals surface area contributed by atoms with Crippen LogP contribution in [0.5, 0.6) is 0 Å². The number of carbonyl (C=O) groups excluding carboxylic acids is 1. The Morgan fingerprint density at radius 2 is 2.04 bits per heavy atom. The molecule has 1 saturated heterocycles. The van der Waals surface area contributed by atoms with E-state index in [1.165, 1.54) is 0 Å². The average molecular weight is 404 g/mol. The number of rotatable bonds is 4. The van der Waals surface area contributed by atoms with Crippen LogP contribution in [0, 0.1) is 5.92 Å². The number of nitrogens with one attached hydrogen (secondary N) is 1. The summed E-state index contributed by atoms with van der Waals surface area (Å²) in [5, 5.41) is 14.3. The van der Waals surface area contributed by atoms with Gasteiger partial charge < -0.3 is 15.2 Å². The molecule has 0 spiro atoms. The van der Waals surface area contributed by atoms with Gasteiger partial charge in [-0.05, 0) is 37.1 Å². The smallest absolute Gasteiger partial charge is 0.343 e. The molecule has 2 fully saturated rings. The van der Waals surface area contributed by atoms with Gasteiger partial charge in [-0.3, -0.25) is 0 Å². The first-order chi connectivity index (χ1) is 11.3. The van der Waals surface area contributed by atoms with Gasteiger partial charge in [-0.2, -0.15) is 0 Å². The summed E-state index contributed by atoms with van der Waals surface area (Å²) in [6.07, 6.45) is -0.436. The third kappa shape index (κ3) is 3.48. The predicted molar refractivity (Wildman–Crippen MR) is 87.7 cm³/mol. The maximum absolute atomic E-state index is 13.7. The van der Waals surface area contributed by atoms with Crippen molar-refractivity contribution in [1.29, 1.82) is 0 Å². The number of alkyl halides is 2. The highest BCUT2D eigenvalue weighted by molar-refractivity contribution is 9.10. The minimum Gasteiger partial charge on any atom is -0.459 e. The summed E-state index contributed by atoms with van der Waals surface area (Å²) in [6.45, 7) is 1.25. The van der Waals surface area contributed by atoms with Crippen molar-refractivity contribution in [2.45, 2.75) is 43.3 Å². The lowest BCUT2D eigenvalue weighted by molar-refractivity contribution is -0.179. The fourth-order valence-electron chi connectivity index (χ4n) is 3.50. The first-order valence-electron chi connectivity index (χ1n) is 8.09. The zero-order valence-electron chi connectivity index (χ0n) is 13.1. The number of hydrogen-bond donors (Lipinski definition) is 2. The normalized spacial score (nSPS) is 28.5. The lowest BCUT2D eigenvalue weighted by Crippen LogP contribution is -2.45. The zero-order valence-corrected chi connectivity index (χ0v) is 14.7. The van der Waals surface area contributed by atoms with E-state index >= 15 is 0 Å². The first-order valence-corrected chi connectivity index (χ1v) is 8.88. The van der Waals surface area contributed by atoms with Gasteiger partial charge in [0.1, 0.15) is 6.10 Å². The second-order valence-corrected chi connectivity index (χ2v) is 7.50. The first kappa shape index (κ1) is 17.8. The van der Waals surface area contributed by atoms with Gasteiger partial charge in [-0.1, -0.05) is 28.1 Å². The van der Waals surface area contributed by atoms with E-state index in [-0.39, 0.29) is 18.9 Å². The molecule has 2 N–H and O–H groups in total. The van der Waals surface area contributed by atoms with Gasteiger partial charge in [-0.15, -0.1) is 0 Å². The maximum atomic E-state index is 13.7. The summed E-state index contributed by atoms with van der Waals surface area (Å²) < 4.78 is 33.6. The molecule has 1 aliphatic heterocycles. The van der Waals surface area contributed by atoms with Crippen LogP contribution in [0.2, 0.25) is 0 Å². The second kappa shape index (κ2) is 6.69. The fourth-order valence-corrected chi connectivity index (χ4v) is 3.77. The van der Waals surface area contributed by atoms with Crippen molar-refractivity contribution < 1.29 is 23.4 Å². The Labute approximate surface area is 147 Å². The molecule has 0 unspecified atom stereocenters. The summed E-state index contributed by atoms with van der Waals surface area (Å²) >= 11 is 3.30. The van der Waals surface area contributed by atoms with Gasteiger partial charge in [0.25, 0.3) is 0 Å². The summed E-state index contributed by atoms with van der Waals surface area (Å²) in [5.74, 6) is -4.56. The Kier molecular flexibility index (Phi) is 4.95. The van der Waals surface area contributed by atoms with E-state index in [1.807, 2.05) is 0 Å². The van der Waals surface area contributed by atoms with E-state index < -0.39 is 29.8 Å². The summed E-state index contributed by atoms with van der Waals surface area (Å²) in [4.78, 5) is 12.7. The molecule has 0 amide bonds. The van der Waals surface area contributed by atoms with E-state index in [2.05, 4.69) is 21.2 Å². The van der Waals surface area contributed by atoms with Crippen molar-refractivity contribution >= 4 is 21.9 Å². The van der Waals surface area contributed by atoms with E-state index in [9.17, 15) is 18.7 Å². The molecular weight excluding hydrogens is 384 g/mol. The fraction of sp³-hybridized carbons (Fsp3) is 0.588. The van der Waals surface area contributed by atoms with Crippen LogP contribution in [0.1, 0.15) is 31.2 Å². The monoisotopic (exact) mass is 403 g/mol. The lowest BCUT2D eigenvalue weighted by Gasteiger charge is -2.33. The van der Waals surface area contributed by atoms with E-state index in [4.69, 9.17) is 4.74 Å². The van der Waals surface area contributed by atoms with Crippen LogP contribution in [0.4, 0.5) is 8.78 Å². The van der Waals surface area contributed by atoms with Gasteiger partial charge in [-0.25, -0.2) is 13.6 Å². The molecule has 7 heteroatoms. The Morgan fingerprint density at radius 3 is 2.58 bits per heavy atom. The molecule has 0 aromatic heterocycles. The number of aliphatic hydroxyl groups is 1. The topological polar surface area (TPSA) is 58.6 Å². The number of halogens is 3. The van der Waals surface area contributed by atoms with Crippen molar-refractivity contribution in [2.75, 3.05) is 13.1 Å². The van der Waals surface area contributed by atoms with Crippen LogP contribution in [-0.4, -0.2) is 36.2 Å². The van der Waals surface area contributed by atoms with Gasteiger partial charge in [0.15, 0.2) is 5.60 Å². The number of benzene rings is 1. The molecule has 0 bridgehead atoms. The zero-order chi connectivity index (χ0) is 17.4.